The molecule has 33 heavy (non-hydrogen) atoms. The lowest BCUT2D eigenvalue weighted by molar-refractivity contribution is -0.118. The van der Waals surface area contributed by atoms with Crippen molar-refractivity contribution in [2.24, 2.45) is 0 Å². The van der Waals surface area contributed by atoms with Crippen LogP contribution in [0.3, 0.4) is 0 Å². The summed E-state index contributed by atoms with van der Waals surface area (Å²) in [7, 11) is -2.05. The van der Waals surface area contributed by atoms with Crippen LogP contribution >= 0.6 is 23.2 Å². The summed E-state index contributed by atoms with van der Waals surface area (Å²) in [5.41, 5.74) is 1.69. The van der Waals surface area contributed by atoms with E-state index in [1.54, 1.807) is 66.7 Å². The second kappa shape index (κ2) is 10.8. The Hall–Kier alpha value is -2.94. The molecule has 0 aliphatic heterocycles. The Morgan fingerprint density at radius 3 is 2.21 bits per heavy atom. The number of rotatable bonds is 9. The highest BCUT2D eigenvalue weighted by Crippen LogP contribution is 2.28. The van der Waals surface area contributed by atoms with Gasteiger partial charge in [0.15, 0.2) is 6.61 Å². The Balaban J connectivity index is 1.65. The van der Waals surface area contributed by atoms with E-state index in [-0.39, 0.29) is 13.2 Å². The van der Waals surface area contributed by atoms with Crippen LogP contribution in [0.1, 0.15) is 5.56 Å². The van der Waals surface area contributed by atoms with Crippen molar-refractivity contribution in [2.45, 2.75) is 6.54 Å². The van der Waals surface area contributed by atoms with E-state index in [0.717, 1.165) is 11.8 Å². The summed E-state index contributed by atoms with van der Waals surface area (Å²) < 4.78 is 36.7. The van der Waals surface area contributed by atoms with Crippen LogP contribution in [0.25, 0.3) is 0 Å². The number of methoxy groups -OCH3 is 1. The lowest BCUT2D eigenvalue weighted by atomic mass is 10.2. The van der Waals surface area contributed by atoms with Gasteiger partial charge in [-0.05, 0) is 60.2 Å². The molecule has 0 bridgehead atoms. The van der Waals surface area contributed by atoms with E-state index in [0.29, 0.717) is 32.9 Å². The molecule has 0 aliphatic rings. The molecule has 0 aromatic heterocycles. The molecule has 3 aromatic rings. The van der Waals surface area contributed by atoms with Crippen molar-refractivity contribution in [3.8, 4) is 11.5 Å². The number of hydrogen-bond donors (Lipinski definition) is 1. The minimum Gasteiger partial charge on any atom is -0.495 e. The van der Waals surface area contributed by atoms with Gasteiger partial charge in [0.05, 0.1) is 31.3 Å². The predicted molar refractivity (Wildman–Crippen MR) is 131 cm³/mol. The van der Waals surface area contributed by atoms with Gasteiger partial charge in [-0.15, -0.1) is 0 Å². The lowest BCUT2D eigenvalue weighted by Crippen LogP contribution is -2.29. The zero-order valence-electron chi connectivity index (χ0n) is 17.9. The van der Waals surface area contributed by atoms with E-state index >= 15 is 0 Å². The van der Waals surface area contributed by atoms with Crippen molar-refractivity contribution < 1.29 is 22.7 Å². The van der Waals surface area contributed by atoms with Crippen molar-refractivity contribution in [1.82, 2.24) is 0 Å². The summed E-state index contributed by atoms with van der Waals surface area (Å²) in [4.78, 5) is 12.3. The molecule has 1 N–H and O–H groups in total. The molecule has 0 fully saturated rings. The molecule has 0 radical (unpaired) electrons. The van der Waals surface area contributed by atoms with Crippen molar-refractivity contribution in [2.75, 3.05) is 29.6 Å². The van der Waals surface area contributed by atoms with Crippen LogP contribution in [0.5, 0.6) is 11.5 Å². The number of hydrogen-bond acceptors (Lipinski definition) is 5. The summed E-state index contributed by atoms with van der Waals surface area (Å²) in [5.74, 6) is 0.478. The van der Waals surface area contributed by atoms with Crippen LogP contribution in [0, 0.1) is 0 Å². The summed E-state index contributed by atoms with van der Waals surface area (Å²) in [6.07, 6.45) is 1.14. The lowest BCUT2D eigenvalue weighted by Gasteiger charge is -2.23. The van der Waals surface area contributed by atoms with Gasteiger partial charge in [-0.25, -0.2) is 8.42 Å². The van der Waals surface area contributed by atoms with Crippen LogP contribution in [0.4, 0.5) is 11.4 Å². The molecule has 0 spiro atoms. The Kier molecular flexibility index (Phi) is 8.07. The van der Waals surface area contributed by atoms with Crippen LogP contribution in [-0.2, 0) is 21.4 Å². The Morgan fingerprint density at radius 1 is 0.970 bits per heavy atom. The highest BCUT2D eigenvalue weighted by atomic mass is 35.5. The average molecular weight is 509 g/mol. The van der Waals surface area contributed by atoms with E-state index in [2.05, 4.69) is 5.32 Å². The minimum absolute atomic E-state index is 0.153. The standard InChI is InChI=1S/C23H22Cl2N2O5S/c1-31-22-12-7-18(25)13-21(22)26-23(28)15-32-20-10-8-19(9-11-20)27(33(2,29)30)14-16-3-5-17(24)6-4-16/h3-13H,14-15H2,1-2H3,(H,26,28). The molecule has 0 aliphatic carbocycles. The molecule has 0 saturated carbocycles. The van der Waals surface area contributed by atoms with E-state index in [9.17, 15) is 13.2 Å². The van der Waals surface area contributed by atoms with Gasteiger partial charge in [0.25, 0.3) is 5.91 Å². The highest BCUT2D eigenvalue weighted by molar-refractivity contribution is 7.92. The Labute approximate surface area is 202 Å². The van der Waals surface area contributed by atoms with E-state index in [1.807, 2.05) is 0 Å². The number of nitrogens with zero attached hydrogens (tertiary/aromatic N) is 1. The maximum atomic E-state index is 12.3. The molecule has 3 aromatic carbocycles. The second-order valence-corrected chi connectivity index (χ2v) is 9.85. The summed E-state index contributed by atoms with van der Waals surface area (Å²) in [6.45, 7) is -0.102. The third-order valence-electron chi connectivity index (χ3n) is 4.57. The molecule has 7 nitrogen and oxygen atoms in total. The van der Waals surface area contributed by atoms with Crippen molar-refractivity contribution in [3.05, 3.63) is 82.3 Å². The number of ether oxygens (including phenoxy) is 2. The molecule has 0 unspecified atom stereocenters. The van der Waals surface area contributed by atoms with Crippen LogP contribution in [-0.4, -0.2) is 34.3 Å². The third kappa shape index (κ3) is 7.02. The Morgan fingerprint density at radius 2 is 1.61 bits per heavy atom. The monoisotopic (exact) mass is 508 g/mol. The topological polar surface area (TPSA) is 84.9 Å². The molecule has 0 saturated heterocycles. The second-order valence-electron chi connectivity index (χ2n) is 7.07. The molecule has 0 heterocycles. The van der Waals surface area contributed by atoms with E-state index < -0.39 is 15.9 Å². The third-order valence-corrected chi connectivity index (χ3v) is 6.20. The number of carbonyl (C=O) groups excluding carboxylic acids is 1. The van der Waals surface area contributed by atoms with Crippen LogP contribution in [0.2, 0.25) is 10.0 Å². The summed E-state index contributed by atoms with van der Waals surface area (Å²) in [5, 5.41) is 3.71. The molecule has 10 heteroatoms. The van der Waals surface area contributed by atoms with Gasteiger partial charge in [0, 0.05) is 10.0 Å². The maximum Gasteiger partial charge on any atom is 0.262 e. The predicted octanol–water partition coefficient (Wildman–Crippen LogP) is 4.99. The molecule has 174 valence electrons. The fourth-order valence-corrected chi connectivity index (χ4v) is 4.16. The fraction of sp³-hybridized carbons (Fsp3) is 0.174. The van der Waals surface area contributed by atoms with Crippen molar-refractivity contribution in [1.29, 1.82) is 0 Å². The van der Waals surface area contributed by atoms with Gasteiger partial charge in [-0.1, -0.05) is 35.3 Å². The van der Waals surface area contributed by atoms with E-state index in [1.165, 1.54) is 11.4 Å². The number of carbonyl (C=O) groups is 1. The molecular formula is C23H22Cl2N2O5S. The number of anilines is 2. The molecule has 3 rings (SSSR count). The normalized spacial score (nSPS) is 11.0. The first-order valence-corrected chi connectivity index (χ1v) is 12.3. The first kappa shape index (κ1) is 24.7. The zero-order valence-corrected chi connectivity index (χ0v) is 20.2. The number of amides is 1. The Bertz CT molecular complexity index is 1220. The maximum absolute atomic E-state index is 12.3. The quantitative estimate of drug-likeness (QED) is 0.440. The average Bonchev–Trinajstić information content (AvgIpc) is 2.77. The minimum atomic E-state index is -3.54. The zero-order chi connectivity index (χ0) is 24.0. The fourth-order valence-electron chi connectivity index (χ4n) is 2.98. The van der Waals surface area contributed by atoms with E-state index in [4.69, 9.17) is 32.7 Å². The van der Waals surface area contributed by atoms with Gasteiger partial charge in [0.1, 0.15) is 11.5 Å². The number of nitrogens with one attached hydrogen (secondary N) is 1. The van der Waals surface area contributed by atoms with Crippen LogP contribution < -0.4 is 19.1 Å². The smallest absolute Gasteiger partial charge is 0.262 e. The van der Waals surface area contributed by atoms with Gasteiger partial charge in [-0.3, -0.25) is 9.10 Å². The van der Waals surface area contributed by atoms with Gasteiger partial charge in [-0.2, -0.15) is 0 Å². The number of benzene rings is 3. The SMILES string of the molecule is COc1ccc(Cl)cc1NC(=O)COc1ccc(N(Cc2ccc(Cl)cc2)S(C)(=O)=O)cc1. The van der Waals surface area contributed by atoms with Crippen molar-refractivity contribution >= 4 is 50.5 Å². The highest BCUT2D eigenvalue weighted by Gasteiger charge is 2.18. The largest absolute Gasteiger partial charge is 0.495 e. The molecular weight excluding hydrogens is 487 g/mol. The summed E-state index contributed by atoms with van der Waals surface area (Å²) in [6, 6.07) is 18.3. The molecule has 0 atom stereocenters. The van der Waals surface area contributed by atoms with Crippen LogP contribution in [0.15, 0.2) is 66.7 Å². The number of halogens is 2. The van der Waals surface area contributed by atoms with Gasteiger partial charge >= 0.3 is 0 Å². The molecule has 1 amide bonds. The first-order chi connectivity index (χ1) is 15.7. The number of sulfonamides is 1. The first-order valence-electron chi connectivity index (χ1n) is 9.74. The van der Waals surface area contributed by atoms with Gasteiger partial charge < -0.3 is 14.8 Å². The summed E-state index contributed by atoms with van der Waals surface area (Å²) >= 11 is 11.9. The van der Waals surface area contributed by atoms with Gasteiger partial charge in [0.2, 0.25) is 10.0 Å². The van der Waals surface area contributed by atoms with Crippen molar-refractivity contribution in [3.63, 3.8) is 0 Å².